The molecule has 1 aliphatic rings. The maximum absolute atomic E-state index is 11.3. The molecule has 0 unspecified atom stereocenters. The summed E-state index contributed by atoms with van der Waals surface area (Å²) in [7, 11) is 1.33. The number of rotatable bonds is 86. The fourth-order valence-corrected chi connectivity index (χ4v) is 16.5. The van der Waals surface area contributed by atoms with E-state index < -0.39 is 0 Å². The van der Waals surface area contributed by atoms with Gasteiger partial charge in [-0.1, -0.05) is 445 Å². The number of carbonyl (C=O) groups is 7. The van der Waals surface area contributed by atoms with Gasteiger partial charge in [-0.2, -0.15) is 0 Å². The summed E-state index contributed by atoms with van der Waals surface area (Å²) in [5.41, 5.74) is 7.12. The Morgan fingerprint density at radius 2 is 0.372 bits per heavy atom. The van der Waals surface area contributed by atoms with Crippen molar-refractivity contribution < 1.29 is 80.9 Å². The van der Waals surface area contributed by atoms with Crippen molar-refractivity contribution in [1.82, 2.24) is 0 Å². The number of carbonyl (C=O) groups excluding carboxylic acids is 7. The number of hydrogen-bond acceptors (Lipinski definition) is 17. The van der Waals surface area contributed by atoms with Crippen LogP contribution in [0.2, 0.25) is 0 Å². The minimum atomic E-state index is -0.347. The van der Waals surface area contributed by atoms with Crippen LogP contribution in [-0.4, -0.2) is 108 Å². The van der Waals surface area contributed by atoms with Crippen molar-refractivity contribution in [2.24, 2.45) is 5.92 Å². The summed E-state index contributed by atoms with van der Waals surface area (Å²) in [6, 6.07) is 25.4. The fraction of sp³-hybridized carbons (Fsp3) is 0.702. The zero-order chi connectivity index (χ0) is 110. The van der Waals surface area contributed by atoms with Crippen molar-refractivity contribution in [3.8, 4) is 28.4 Å². The van der Waals surface area contributed by atoms with Crippen LogP contribution in [0.1, 0.15) is 532 Å². The number of benzene rings is 3. The number of methoxy groups -OCH3 is 1. The quantitative estimate of drug-likeness (QED) is 0.0222. The first-order valence-corrected chi connectivity index (χ1v) is 59.5. The van der Waals surface area contributed by atoms with Crippen molar-refractivity contribution in [3.63, 3.8) is 0 Å². The first-order chi connectivity index (χ1) is 71.6. The predicted octanol–water partition coefficient (Wildman–Crippen LogP) is 38.5. The van der Waals surface area contributed by atoms with E-state index in [1.54, 1.807) is 48.5 Å². The van der Waals surface area contributed by atoms with E-state index in [0.717, 1.165) is 138 Å². The Morgan fingerprint density at radius 3 is 0.547 bits per heavy atom. The Kier molecular flexibility index (Phi) is 105. The van der Waals surface area contributed by atoms with E-state index in [-0.39, 0.29) is 41.8 Å². The van der Waals surface area contributed by atoms with Crippen LogP contribution in [0.5, 0.6) is 17.2 Å². The second kappa shape index (κ2) is 108. The molecule has 1 fully saturated rings. The van der Waals surface area contributed by atoms with Gasteiger partial charge in [0.2, 0.25) is 0 Å². The molecule has 3 aromatic carbocycles. The molecule has 17 nitrogen and oxygen atoms in total. The third-order valence-corrected chi connectivity index (χ3v) is 26.1. The lowest BCUT2D eigenvalue weighted by Crippen LogP contribution is -2.13. The predicted molar refractivity (Wildman–Crippen MR) is 626 cm³/mol. The number of unbranched alkanes of at least 4 members (excludes halogenated alkanes) is 54. The SMILES string of the molecule is C=C(C)C(=O)OC.C=C(C)C(=O)OCCCCCC.C=C(C)C(=O)OCCCCCCCCCCCC.C=C(C)C(=O)OCCCCCCCCCCCCCCCC.C=C(C)C(=O)OCCCCCCCCCCCCCCCCCC.C=C(C)C(=O)OCCCCCCOc1ccc(-c2ccc(OCCCCCCC)cc2)cc1.C=C(C)C(=O)OCCCCCCOc1ccc(C2CCC(CCCCCCC)CC2)cc1. The topological polar surface area (TPSA) is 212 Å². The van der Waals surface area contributed by atoms with E-state index in [4.69, 9.17) is 42.6 Å². The lowest BCUT2D eigenvalue weighted by atomic mass is 9.77. The van der Waals surface area contributed by atoms with Crippen LogP contribution in [-0.2, 0) is 66.7 Å². The van der Waals surface area contributed by atoms with E-state index in [1.807, 2.05) is 24.3 Å². The standard InChI is InChI=1S/C29H40O4.C29H46O3.C22H42O2.C20H38O2.C16H30O2.C10H18O2.C5H8O2/c1-4-5-6-7-10-21-31-27-17-13-25(14-18-27)26-15-19-28(20-16-26)32-22-11-8-9-12-23-33-29(30)24(2)3;1-4-5-6-7-10-13-25-14-16-26(17-15-25)27-18-20-28(21-19-27)31-22-11-8-9-12-23-32-29(30)24(2)3;1-4-5-6-7-8-9-10-11-12-13-14-15-16-17-18-19-20-24-22(23)21(2)3;1-4-5-6-7-8-9-10-11-12-13-14-15-16-17-18-22-20(21)19(2)3;1-4-5-6-7-8-9-10-11-12-13-14-18-16(17)15(2)3;1-4-5-6-7-8-12-10(11)9(2)3;1-4(2)5(6)7-3/h13-20H,2,4-12,21-23H2,1,3H3;18-21,25-26H,2,4-17,22-23H2,1,3H3;2,4-20H2,1,3H3;2,4-18H2,1,3H3;2,4-14H2,1,3H3;2,4-8H2,1,3H3;1H2,2-3H3. The van der Waals surface area contributed by atoms with Gasteiger partial charge in [-0.15, -0.1) is 0 Å². The van der Waals surface area contributed by atoms with Crippen LogP contribution in [0.25, 0.3) is 11.1 Å². The largest absolute Gasteiger partial charge is 0.494 e. The van der Waals surface area contributed by atoms with Crippen LogP contribution >= 0.6 is 0 Å². The first kappa shape index (κ1) is 144. The van der Waals surface area contributed by atoms with Crippen LogP contribution in [0.4, 0.5) is 0 Å². The normalized spacial score (nSPS) is 12.0. The molecule has 0 spiro atoms. The highest BCUT2D eigenvalue weighted by Gasteiger charge is 2.23. The molecule has 0 radical (unpaired) electrons. The van der Waals surface area contributed by atoms with E-state index in [0.29, 0.717) is 85.3 Å². The lowest BCUT2D eigenvalue weighted by molar-refractivity contribution is -0.139. The Hall–Kier alpha value is -8.47. The van der Waals surface area contributed by atoms with Crippen molar-refractivity contribution >= 4 is 41.8 Å². The second-order valence-electron chi connectivity index (χ2n) is 41.2. The number of hydrogen-bond donors (Lipinski definition) is 0. The smallest absolute Gasteiger partial charge is 0.333 e. The van der Waals surface area contributed by atoms with Crippen molar-refractivity contribution in [2.45, 2.75) is 526 Å². The molecule has 0 heterocycles. The van der Waals surface area contributed by atoms with Crippen LogP contribution in [0.15, 0.2) is 158 Å². The van der Waals surface area contributed by atoms with Crippen molar-refractivity contribution in [2.75, 3.05) is 66.6 Å². The Balaban J connectivity index is -0.00000172. The molecule has 3 aromatic rings. The number of ether oxygens (including phenoxy) is 10. The average Bonchev–Trinajstić information content (AvgIpc) is 0.856. The molecule has 4 rings (SSSR count). The zero-order valence-corrected chi connectivity index (χ0v) is 97.7. The fourth-order valence-electron chi connectivity index (χ4n) is 16.5. The van der Waals surface area contributed by atoms with Crippen molar-refractivity contribution in [1.29, 1.82) is 0 Å². The van der Waals surface area contributed by atoms with Crippen LogP contribution in [0, 0.1) is 5.92 Å². The third kappa shape index (κ3) is 97.0. The summed E-state index contributed by atoms with van der Waals surface area (Å²) in [5, 5.41) is 0. The van der Waals surface area contributed by atoms with Gasteiger partial charge in [-0.25, -0.2) is 33.6 Å². The maximum Gasteiger partial charge on any atom is 0.333 e. The molecule has 848 valence electrons. The lowest BCUT2D eigenvalue weighted by Gasteiger charge is -2.29. The molecule has 0 saturated heterocycles. The Morgan fingerprint density at radius 1 is 0.209 bits per heavy atom. The number of esters is 7. The Labute approximate surface area is 907 Å². The van der Waals surface area contributed by atoms with Gasteiger partial charge in [-0.05, 0) is 223 Å². The highest BCUT2D eigenvalue weighted by atomic mass is 16.6. The van der Waals surface area contributed by atoms with E-state index >= 15 is 0 Å². The van der Waals surface area contributed by atoms with E-state index in [9.17, 15) is 33.6 Å². The molecule has 1 aliphatic carbocycles. The van der Waals surface area contributed by atoms with Gasteiger partial charge >= 0.3 is 41.8 Å². The molecule has 1 saturated carbocycles. The minimum Gasteiger partial charge on any atom is -0.494 e. The molecule has 0 aromatic heterocycles. The van der Waals surface area contributed by atoms with E-state index in [2.05, 4.69) is 141 Å². The van der Waals surface area contributed by atoms with E-state index in [1.165, 1.54) is 359 Å². The van der Waals surface area contributed by atoms with Gasteiger partial charge in [0.15, 0.2) is 0 Å². The molecule has 0 bridgehead atoms. The summed E-state index contributed by atoms with van der Waals surface area (Å²) in [6.45, 7) is 55.2. The molecule has 17 heteroatoms. The average molecular weight is 2070 g/mol. The molecule has 0 N–H and O–H groups in total. The first-order valence-electron chi connectivity index (χ1n) is 59.5. The molecule has 0 aliphatic heterocycles. The highest BCUT2D eigenvalue weighted by Crippen LogP contribution is 2.39. The monoisotopic (exact) mass is 2070 g/mol. The summed E-state index contributed by atoms with van der Waals surface area (Å²) < 4.78 is 52.2. The second-order valence-corrected chi connectivity index (χ2v) is 41.2. The molecular weight excluding hydrogens is 1850 g/mol. The summed E-state index contributed by atoms with van der Waals surface area (Å²) in [4.78, 5) is 77.1. The summed E-state index contributed by atoms with van der Waals surface area (Å²) >= 11 is 0. The summed E-state index contributed by atoms with van der Waals surface area (Å²) in [5.74, 6) is 2.52. The van der Waals surface area contributed by atoms with Gasteiger partial charge in [-0.3, -0.25) is 0 Å². The molecule has 0 atom stereocenters. The van der Waals surface area contributed by atoms with Gasteiger partial charge in [0.1, 0.15) is 17.2 Å². The van der Waals surface area contributed by atoms with Gasteiger partial charge in [0.05, 0.1) is 66.6 Å². The van der Waals surface area contributed by atoms with Gasteiger partial charge < -0.3 is 47.4 Å². The molecular formula is C131H222O17. The maximum atomic E-state index is 11.3. The van der Waals surface area contributed by atoms with Crippen LogP contribution in [0.3, 0.4) is 0 Å². The Bertz CT molecular complexity index is 3730. The summed E-state index contributed by atoms with van der Waals surface area (Å²) in [6.07, 6.45) is 86.2. The van der Waals surface area contributed by atoms with Crippen LogP contribution < -0.4 is 14.2 Å². The minimum absolute atomic E-state index is 0.254. The molecule has 0 amide bonds. The zero-order valence-electron chi connectivity index (χ0n) is 97.7. The highest BCUT2D eigenvalue weighted by molar-refractivity contribution is 5.89. The van der Waals surface area contributed by atoms with Gasteiger partial charge in [0, 0.05) is 39.0 Å². The molecule has 148 heavy (non-hydrogen) atoms. The third-order valence-electron chi connectivity index (χ3n) is 26.1. The van der Waals surface area contributed by atoms with Gasteiger partial charge in [0.25, 0.3) is 0 Å². The van der Waals surface area contributed by atoms with Crippen molar-refractivity contribution in [3.05, 3.63) is 163 Å².